The van der Waals surface area contributed by atoms with Gasteiger partial charge < -0.3 is 0 Å². The smallest absolute Gasteiger partial charge is 0.0903 e. The van der Waals surface area contributed by atoms with E-state index >= 15 is 0 Å². The molecule has 2 aliphatic heterocycles. The van der Waals surface area contributed by atoms with Gasteiger partial charge in [0.1, 0.15) is 0 Å². The van der Waals surface area contributed by atoms with Gasteiger partial charge in [-0.15, -0.1) is 0 Å². The molecule has 0 aliphatic carbocycles. The lowest BCUT2D eigenvalue weighted by atomic mass is 10.4. The Morgan fingerprint density at radius 3 is 1.67 bits per heavy atom. The molecule has 0 radical (unpaired) electrons. The first-order valence-corrected chi connectivity index (χ1v) is 3.54. The Morgan fingerprint density at radius 1 is 1.00 bits per heavy atom. The quantitative estimate of drug-likeness (QED) is 0.467. The van der Waals surface area contributed by atoms with Crippen molar-refractivity contribution in [2.24, 2.45) is 0 Å². The molecule has 52 valence electrons. The third kappa shape index (κ3) is 0.569. The predicted octanol–water partition coefficient (Wildman–Crippen LogP) is 0.160. The van der Waals surface area contributed by atoms with Gasteiger partial charge in [0.25, 0.3) is 0 Å². The lowest BCUT2D eigenvalue weighted by Crippen LogP contribution is -2.35. The molecule has 4 unspecified atom stereocenters. The maximum absolute atomic E-state index is 3.40. The zero-order valence-electron chi connectivity index (χ0n) is 6.13. The number of fused-ring (bicyclic) bond motifs is 1. The monoisotopic (exact) mass is 127 g/mol. The lowest BCUT2D eigenvalue weighted by Gasteiger charge is -2.10. The molecule has 2 fully saturated rings. The van der Waals surface area contributed by atoms with Crippen LogP contribution in [0.4, 0.5) is 0 Å². The number of hydrazine groups is 1. The first kappa shape index (κ1) is 5.65. The van der Waals surface area contributed by atoms with E-state index in [2.05, 4.69) is 36.1 Å². The van der Waals surface area contributed by atoms with Gasteiger partial charge in [-0.25, -0.2) is 10.0 Å². The number of rotatable bonds is 0. The Balaban J connectivity index is 2.10. The highest BCUT2D eigenvalue weighted by Gasteiger charge is 2.53. The van der Waals surface area contributed by atoms with Crippen LogP contribution in [0.3, 0.4) is 0 Å². The molecule has 0 amide bonds. The first-order chi connectivity index (χ1) is 4.22. The molecule has 3 nitrogen and oxygen atoms in total. The van der Waals surface area contributed by atoms with Gasteiger partial charge in [-0.3, -0.25) is 5.32 Å². The molecular weight excluding hydrogens is 114 g/mol. The Labute approximate surface area is 55.6 Å². The van der Waals surface area contributed by atoms with Gasteiger partial charge in [-0.05, 0) is 20.8 Å². The van der Waals surface area contributed by atoms with Crippen molar-refractivity contribution >= 4 is 0 Å². The molecule has 0 bridgehead atoms. The summed E-state index contributed by atoms with van der Waals surface area (Å²) in [6.45, 7) is 6.62. The highest BCUT2D eigenvalue weighted by atomic mass is 15.9. The Bertz CT molecular complexity index is 122. The maximum atomic E-state index is 3.40. The van der Waals surface area contributed by atoms with Crippen LogP contribution in [0.15, 0.2) is 0 Å². The molecule has 2 rings (SSSR count). The van der Waals surface area contributed by atoms with Crippen molar-refractivity contribution in [3.63, 3.8) is 0 Å². The molecule has 9 heavy (non-hydrogen) atoms. The van der Waals surface area contributed by atoms with Crippen LogP contribution >= 0.6 is 0 Å². The second-order valence-electron chi connectivity index (χ2n) is 2.91. The fourth-order valence-electron chi connectivity index (χ4n) is 1.85. The van der Waals surface area contributed by atoms with Crippen LogP contribution in [-0.4, -0.2) is 28.5 Å². The summed E-state index contributed by atoms with van der Waals surface area (Å²) in [6.07, 6.45) is 1.78. The van der Waals surface area contributed by atoms with Gasteiger partial charge in [0.2, 0.25) is 0 Å². The SMILES string of the molecule is CC1NC(C)N2C(C)N12. The van der Waals surface area contributed by atoms with Crippen molar-refractivity contribution in [2.45, 2.75) is 39.3 Å². The Hall–Kier alpha value is -0.120. The van der Waals surface area contributed by atoms with Gasteiger partial charge in [0, 0.05) is 0 Å². The van der Waals surface area contributed by atoms with E-state index in [1.165, 1.54) is 0 Å². The highest BCUT2D eigenvalue weighted by Crippen LogP contribution is 2.34. The second kappa shape index (κ2) is 1.48. The molecule has 0 aromatic heterocycles. The average Bonchev–Trinajstić information content (AvgIpc) is 2.30. The molecule has 0 aromatic rings. The van der Waals surface area contributed by atoms with Crippen molar-refractivity contribution in [2.75, 3.05) is 0 Å². The number of hydrogen-bond donors (Lipinski definition) is 1. The van der Waals surface area contributed by atoms with Crippen molar-refractivity contribution in [1.82, 2.24) is 15.3 Å². The summed E-state index contributed by atoms with van der Waals surface area (Å²) in [5, 5.41) is 8.10. The van der Waals surface area contributed by atoms with Crippen LogP contribution in [0.2, 0.25) is 0 Å². The van der Waals surface area contributed by atoms with Gasteiger partial charge in [0.05, 0.1) is 18.5 Å². The highest BCUT2D eigenvalue weighted by molar-refractivity contribution is 4.92. The third-order valence-corrected chi connectivity index (χ3v) is 2.25. The van der Waals surface area contributed by atoms with E-state index in [1.54, 1.807) is 0 Å². The fraction of sp³-hybridized carbons (Fsp3) is 1.00. The van der Waals surface area contributed by atoms with Crippen LogP contribution < -0.4 is 5.32 Å². The summed E-state index contributed by atoms with van der Waals surface area (Å²) in [4.78, 5) is 0. The van der Waals surface area contributed by atoms with Gasteiger partial charge >= 0.3 is 0 Å². The minimum Gasteiger partial charge on any atom is -0.284 e. The fourth-order valence-corrected chi connectivity index (χ4v) is 1.85. The minimum absolute atomic E-state index is 0.551. The molecule has 2 aliphatic rings. The molecule has 1 N–H and O–H groups in total. The Kier molecular flexibility index (Phi) is 0.928. The standard InChI is InChI=1S/C6H13N3/c1-4-7-5(2)9-6(3)8(4)9/h4-7H,1-3H3. The van der Waals surface area contributed by atoms with Crippen molar-refractivity contribution < 1.29 is 0 Å². The van der Waals surface area contributed by atoms with Crippen LogP contribution in [0.5, 0.6) is 0 Å². The topological polar surface area (TPSA) is 18.0 Å². The van der Waals surface area contributed by atoms with E-state index in [0.717, 1.165) is 0 Å². The molecule has 4 atom stereocenters. The van der Waals surface area contributed by atoms with Crippen LogP contribution in [0.25, 0.3) is 0 Å². The summed E-state index contributed by atoms with van der Waals surface area (Å²) in [6, 6.07) is 0. The van der Waals surface area contributed by atoms with Crippen molar-refractivity contribution in [1.29, 1.82) is 0 Å². The molecule has 0 saturated carbocycles. The summed E-state index contributed by atoms with van der Waals surface area (Å²) in [5.41, 5.74) is 0. The summed E-state index contributed by atoms with van der Waals surface area (Å²) in [7, 11) is 0. The van der Waals surface area contributed by atoms with E-state index < -0.39 is 0 Å². The number of hydrogen-bond acceptors (Lipinski definition) is 3. The van der Waals surface area contributed by atoms with E-state index in [-0.39, 0.29) is 0 Å². The normalized spacial score (nSPS) is 63.7. The average molecular weight is 127 g/mol. The molecular formula is C6H13N3. The van der Waals surface area contributed by atoms with Gasteiger partial charge in [-0.2, -0.15) is 0 Å². The maximum Gasteiger partial charge on any atom is 0.0903 e. The zero-order valence-corrected chi connectivity index (χ0v) is 6.13. The zero-order chi connectivity index (χ0) is 6.59. The van der Waals surface area contributed by atoms with Crippen molar-refractivity contribution in [3.05, 3.63) is 0 Å². The third-order valence-electron chi connectivity index (χ3n) is 2.25. The largest absolute Gasteiger partial charge is 0.284 e. The number of nitrogens with one attached hydrogen (secondary N) is 1. The Morgan fingerprint density at radius 2 is 1.44 bits per heavy atom. The van der Waals surface area contributed by atoms with E-state index in [0.29, 0.717) is 18.5 Å². The van der Waals surface area contributed by atoms with E-state index in [4.69, 9.17) is 0 Å². The molecule has 2 saturated heterocycles. The van der Waals surface area contributed by atoms with Crippen LogP contribution in [-0.2, 0) is 0 Å². The lowest BCUT2D eigenvalue weighted by molar-refractivity contribution is 0.326. The van der Waals surface area contributed by atoms with E-state index in [9.17, 15) is 0 Å². The summed E-state index contributed by atoms with van der Waals surface area (Å²) in [5.74, 6) is 0. The number of nitrogens with zero attached hydrogens (tertiary/aromatic N) is 2. The first-order valence-electron chi connectivity index (χ1n) is 3.54. The summed E-state index contributed by atoms with van der Waals surface area (Å²) >= 11 is 0. The second-order valence-corrected chi connectivity index (χ2v) is 2.91. The molecule has 2 heterocycles. The van der Waals surface area contributed by atoms with Crippen LogP contribution in [0.1, 0.15) is 20.8 Å². The van der Waals surface area contributed by atoms with Gasteiger partial charge in [0.15, 0.2) is 0 Å². The molecule has 0 spiro atoms. The predicted molar refractivity (Wildman–Crippen MR) is 35.2 cm³/mol. The molecule has 0 aromatic carbocycles. The van der Waals surface area contributed by atoms with Crippen LogP contribution in [0, 0.1) is 0 Å². The van der Waals surface area contributed by atoms with Crippen molar-refractivity contribution in [3.8, 4) is 0 Å². The molecule has 3 heteroatoms. The minimum atomic E-state index is 0.551. The summed E-state index contributed by atoms with van der Waals surface area (Å²) < 4.78 is 0. The van der Waals surface area contributed by atoms with Gasteiger partial charge in [-0.1, -0.05) is 0 Å². The van der Waals surface area contributed by atoms with E-state index in [1.807, 2.05) is 0 Å².